The number of esters is 1. The lowest BCUT2D eigenvalue weighted by Gasteiger charge is -2.34. The minimum Gasteiger partial charge on any atom is -0.459 e. The summed E-state index contributed by atoms with van der Waals surface area (Å²) in [5.74, 6) is -1.42. The van der Waals surface area contributed by atoms with Gasteiger partial charge in [-0.3, -0.25) is 9.59 Å². The highest BCUT2D eigenvalue weighted by Crippen LogP contribution is 2.26. The second-order valence-corrected chi connectivity index (χ2v) is 7.50. The first-order valence-electron chi connectivity index (χ1n) is 9.64. The topological polar surface area (TPSA) is 88.9 Å². The molecule has 1 aliphatic heterocycles. The minimum absolute atomic E-state index is 0.137. The summed E-state index contributed by atoms with van der Waals surface area (Å²) < 4.78 is 10.5. The Morgan fingerprint density at radius 2 is 1.77 bits per heavy atom. The Bertz CT molecular complexity index is 1100. The normalized spacial score (nSPS) is 15.1. The fraction of sp³-hybridized carbons (Fsp3) is 0.174. The van der Waals surface area contributed by atoms with Crippen molar-refractivity contribution >= 4 is 35.1 Å². The first-order chi connectivity index (χ1) is 15.0. The third-order valence-electron chi connectivity index (χ3n) is 4.99. The number of hydrogen-bond donors (Lipinski definition) is 1. The van der Waals surface area contributed by atoms with Gasteiger partial charge in [-0.2, -0.15) is 0 Å². The number of nitrogens with zero attached hydrogens (tertiary/aromatic N) is 1. The molecule has 0 bridgehead atoms. The van der Waals surface area contributed by atoms with E-state index in [1.165, 1.54) is 11.2 Å². The van der Waals surface area contributed by atoms with Crippen molar-refractivity contribution in [1.82, 2.24) is 4.90 Å². The molecule has 1 aliphatic rings. The van der Waals surface area contributed by atoms with E-state index in [1.54, 1.807) is 36.4 Å². The van der Waals surface area contributed by atoms with Crippen LogP contribution in [-0.2, 0) is 27.3 Å². The number of furan rings is 1. The standard InChI is InChI=1S/C23H19ClN2O5/c24-17-7-9-18(10-8-17)25-21(27)14-31-23(29)19-12-15-4-1-2-5-16(15)13-26(19)22(28)20-6-3-11-30-20/h1-11,19H,12-14H2,(H,25,27)/t19-/m0/s1. The number of ether oxygens (including phenoxy) is 1. The van der Waals surface area contributed by atoms with Gasteiger partial charge in [0.25, 0.3) is 11.8 Å². The van der Waals surface area contributed by atoms with Gasteiger partial charge in [-0.15, -0.1) is 0 Å². The second kappa shape index (κ2) is 9.06. The Balaban J connectivity index is 1.45. The Morgan fingerprint density at radius 3 is 2.48 bits per heavy atom. The number of benzene rings is 2. The van der Waals surface area contributed by atoms with E-state index in [0.29, 0.717) is 17.1 Å². The molecule has 0 fully saturated rings. The van der Waals surface area contributed by atoms with Crippen LogP contribution in [0.25, 0.3) is 0 Å². The largest absolute Gasteiger partial charge is 0.459 e. The van der Waals surface area contributed by atoms with E-state index in [0.717, 1.165) is 11.1 Å². The van der Waals surface area contributed by atoms with Gasteiger partial charge in [0.2, 0.25) is 0 Å². The zero-order valence-corrected chi connectivity index (χ0v) is 17.2. The van der Waals surface area contributed by atoms with E-state index in [1.807, 2.05) is 24.3 Å². The molecule has 31 heavy (non-hydrogen) atoms. The van der Waals surface area contributed by atoms with Crippen LogP contribution in [0.2, 0.25) is 5.02 Å². The fourth-order valence-electron chi connectivity index (χ4n) is 3.45. The lowest BCUT2D eigenvalue weighted by atomic mass is 9.93. The summed E-state index contributed by atoms with van der Waals surface area (Å²) in [7, 11) is 0. The number of hydrogen-bond acceptors (Lipinski definition) is 5. The lowest BCUT2D eigenvalue weighted by Crippen LogP contribution is -2.49. The van der Waals surface area contributed by atoms with Crippen LogP contribution in [0.1, 0.15) is 21.7 Å². The molecule has 2 aromatic carbocycles. The van der Waals surface area contributed by atoms with E-state index in [9.17, 15) is 14.4 Å². The van der Waals surface area contributed by atoms with Gasteiger partial charge < -0.3 is 19.4 Å². The van der Waals surface area contributed by atoms with Gasteiger partial charge in [-0.25, -0.2) is 4.79 Å². The maximum Gasteiger partial charge on any atom is 0.329 e. The first-order valence-corrected chi connectivity index (χ1v) is 10.0. The molecule has 0 saturated carbocycles. The molecular formula is C23H19ClN2O5. The lowest BCUT2D eigenvalue weighted by molar-refractivity contribution is -0.152. The molecule has 0 aliphatic carbocycles. The molecule has 2 heterocycles. The van der Waals surface area contributed by atoms with Crippen LogP contribution in [0.3, 0.4) is 0 Å². The first kappa shape index (κ1) is 20.7. The summed E-state index contributed by atoms with van der Waals surface area (Å²) in [4.78, 5) is 39.4. The maximum absolute atomic E-state index is 12.9. The number of carbonyl (C=O) groups excluding carboxylic acids is 3. The Morgan fingerprint density at radius 1 is 1.03 bits per heavy atom. The molecule has 1 aromatic heterocycles. The summed E-state index contributed by atoms with van der Waals surface area (Å²) in [5.41, 5.74) is 2.44. The smallest absolute Gasteiger partial charge is 0.329 e. The zero-order chi connectivity index (χ0) is 21.8. The molecule has 2 amide bonds. The molecule has 0 spiro atoms. The molecule has 158 valence electrons. The number of halogens is 1. The molecule has 4 rings (SSSR count). The van der Waals surface area contributed by atoms with E-state index in [2.05, 4.69) is 5.32 Å². The molecule has 0 unspecified atom stereocenters. The van der Waals surface area contributed by atoms with E-state index >= 15 is 0 Å². The van der Waals surface area contributed by atoms with Crippen LogP contribution >= 0.6 is 11.6 Å². The van der Waals surface area contributed by atoms with Crippen LogP contribution < -0.4 is 5.32 Å². The molecular weight excluding hydrogens is 420 g/mol. The molecule has 8 heteroatoms. The van der Waals surface area contributed by atoms with Gasteiger partial charge >= 0.3 is 5.97 Å². The fourth-order valence-corrected chi connectivity index (χ4v) is 3.58. The number of rotatable bonds is 5. The van der Waals surface area contributed by atoms with Crippen LogP contribution in [0.15, 0.2) is 71.3 Å². The summed E-state index contributed by atoms with van der Waals surface area (Å²) in [6.07, 6.45) is 1.69. The van der Waals surface area contributed by atoms with Crippen molar-refractivity contribution in [2.75, 3.05) is 11.9 Å². The van der Waals surface area contributed by atoms with Crippen LogP contribution in [0.4, 0.5) is 5.69 Å². The zero-order valence-electron chi connectivity index (χ0n) is 16.4. The van der Waals surface area contributed by atoms with E-state index in [4.69, 9.17) is 20.8 Å². The predicted molar refractivity (Wildman–Crippen MR) is 114 cm³/mol. The summed E-state index contributed by atoms with van der Waals surface area (Å²) in [6.45, 7) is -0.227. The Hall–Kier alpha value is -3.58. The molecule has 3 aromatic rings. The SMILES string of the molecule is O=C(COC(=O)[C@@H]1Cc2ccccc2CN1C(=O)c1ccco1)Nc1ccc(Cl)cc1. The van der Waals surface area contributed by atoms with Crippen LogP contribution in [-0.4, -0.2) is 35.3 Å². The van der Waals surface area contributed by atoms with Crippen molar-refractivity contribution in [2.45, 2.75) is 19.0 Å². The van der Waals surface area contributed by atoms with Gasteiger partial charge in [0.1, 0.15) is 6.04 Å². The van der Waals surface area contributed by atoms with Gasteiger partial charge in [0, 0.05) is 23.7 Å². The number of nitrogens with one attached hydrogen (secondary N) is 1. The van der Waals surface area contributed by atoms with Crippen LogP contribution in [0.5, 0.6) is 0 Å². The van der Waals surface area contributed by atoms with Gasteiger partial charge in [-0.1, -0.05) is 35.9 Å². The maximum atomic E-state index is 12.9. The van der Waals surface area contributed by atoms with Crippen molar-refractivity contribution in [2.24, 2.45) is 0 Å². The summed E-state index contributed by atoms with van der Waals surface area (Å²) >= 11 is 5.83. The highest BCUT2D eigenvalue weighted by molar-refractivity contribution is 6.30. The number of amides is 2. The van der Waals surface area contributed by atoms with E-state index in [-0.39, 0.29) is 12.3 Å². The number of fused-ring (bicyclic) bond motifs is 1. The molecule has 7 nitrogen and oxygen atoms in total. The Kier molecular flexibility index (Phi) is 6.04. The highest BCUT2D eigenvalue weighted by Gasteiger charge is 2.37. The summed E-state index contributed by atoms with van der Waals surface area (Å²) in [6, 6.07) is 16.4. The number of anilines is 1. The van der Waals surface area contributed by atoms with E-state index < -0.39 is 30.4 Å². The highest BCUT2D eigenvalue weighted by atomic mass is 35.5. The number of carbonyl (C=O) groups is 3. The van der Waals surface area contributed by atoms with Crippen molar-refractivity contribution < 1.29 is 23.5 Å². The van der Waals surface area contributed by atoms with Crippen LogP contribution in [0, 0.1) is 0 Å². The Labute approximate surface area is 183 Å². The van der Waals surface area contributed by atoms with Gasteiger partial charge in [-0.05, 0) is 47.5 Å². The predicted octanol–water partition coefficient (Wildman–Crippen LogP) is 3.68. The minimum atomic E-state index is -0.865. The quantitative estimate of drug-likeness (QED) is 0.614. The third kappa shape index (κ3) is 4.78. The second-order valence-electron chi connectivity index (χ2n) is 7.06. The average Bonchev–Trinajstić information content (AvgIpc) is 3.32. The van der Waals surface area contributed by atoms with Crippen molar-refractivity contribution in [3.8, 4) is 0 Å². The van der Waals surface area contributed by atoms with Crippen molar-refractivity contribution in [1.29, 1.82) is 0 Å². The van der Waals surface area contributed by atoms with Gasteiger partial charge in [0.15, 0.2) is 12.4 Å². The monoisotopic (exact) mass is 438 g/mol. The summed E-state index contributed by atoms with van der Waals surface area (Å²) in [5, 5.41) is 3.17. The van der Waals surface area contributed by atoms with Crippen molar-refractivity contribution in [3.63, 3.8) is 0 Å². The molecule has 0 saturated heterocycles. The van der Waals surface area contributed by atoms with Gasteiger partial charge in [0.05, 0.1) is 6.26 Å². The molecule has 1 N–H and O–H groups in total. The third-order valence-corrected chi connectivity index (χ3v) is 5.24. The molecule has 1 atom stereocenters. The molecule has 0 radical (unpaired) electrons. The average molecular weight is 439 g/mol. The van der Waals surface area contributed by atoms with Crippen molar-refractivity contribution in [3.05, 3.63) is 88.8 Å².